The molecule has 0 radical (unpaired) electrons. The predicted octanol–water partition coefficient (Wildman–Crippen LogP) is 4.09. The number of ether oxygens (including phenoxy) is 2. The van der Waals surface area contributed by atoms with E-state index >= 15 is 0 Å². The van der Waals surface area contributed by atoms with Crippen molar-refractivity contribution >= 4 is 33.0 Å². The van der Waals surface area contributed by atoms with Crippen molar-refractivity contribution in [2.45, 2.75) is 36.7 Å². The minimum Gasteiger partial charge on any atom is -0.489 e. The number of nitrogens with one attached hydrogen (secondary N) is 1. The number of sulfone groups is 1. The van der Waals surface area contributed by atoms with Gasteiger partial charge in [-0.3, -0.25) is 4.79 Å². The van der Waals surface area contributed by atoms with Gasteiger partial charge in [-0.1, -0.05) is 23.7 Å². The van der Waals surface area contributed by atoms with E-state index in [1.807, 2.05) is 6.07 Å². The highest BCUT2D eigenvalue weighted by molar-refractivity contribution is 7.91. The highest BCUT2D eigenvalue weighted by atomic mass is 35.5. The van der Waals surface area contributed by atoms with Crippen molar-refractivity contribution in [3.63, 3.8) is 0 Å². The lowest BCUT2D eigenvalue weighted by Gasteiger charge is -2.23. The Kier molecular flexibility index (Phi) is 7.52. The second-order valence-corrected chi connectivity index (χ2v) is 9.41. The molecule has 156 valence electrons. The Labute approximate surface area is 176 Å². The van der Waals surface area contributed by atoms with Crippen molar-refractivity contribution < 1.29 is 22.7 Å². The lowest BCUT2D eigenvalue weighted by Crippen LogP contribution is -2.26. The van der Waals surface area contributed by atoms with Crippen molar-refractivity contribution in [1.29, 1.82) is 0 Å². The summed E-state index contributed by atoms with van der Waals surface area (Å²) in [4.78, 5) is 12.5. The molecule has 1 saturated heterocycles. The predicted molar refractivity (Wildman–Crippen MR) is 112 cm³/mol. The normalized spacial score (nSPS) is 16.9. The van der Waals surface area contributed by atoms with Crippen molar-refractivity contribution in [2.75, 3.05) is 24.3 Å². The average molecular weight is 438 g/mol. The fourth-order valence-corrected chi connectivity index (χ4v) is 4.38. The Hall–Kier alpha value is -2.09. The second kappa shape index (κ2) is 10.1. The van der Waals surface area contributed by atoms with Crippen molar-refractivity contribution in [2.24, 2.45) is 0 Å². The van der Waals surface area contributed by atoms with Crippen LogP contribution >= 0.6 is 11.6 Å². The zero-order valence-electron chi connectivity index (χ0n) is 16.0. The molecule has 1 N–H and O–H groups in total. The van der Waals surface area contributed by atoms with E-state index in [4.69, 9.17) is 21.1 Å². The molecule has 0 saturated carbocycles. The van der Waals surface area contributed by atoms with Crippen LogP contribution in [0.3, 0.4) is 0 Å². The summed E-state index contributed by atoms with van der Waals surface area (Å²) in [5, 5.41) is 3.20. The Morgan fingerprint density at radius 2 is 1.90 bits per heavy atom. The maximum atomic E-state index is 12.4. The zero-order chi connectivity index (χ0) is 20.7. The monoisotopic (exact) mass is 437 g/mol. The van der Waals surface area contributed by atoms with Gasteiger partial charge in [0.25, 0.3) is 0 Å². The number of hydrogen-bond donors (Lipinski definition) is 1. The van der Waals surface area contributed by atoms with Gasteiger partial charge in [-0.2, -0.15) is 0 Å². The summed E-state index contributed by atoms with van der Waals surface area (Å²) in [6.07, 6.45) is 3.04. The fraction of sp³-hybridized carbons (Fsp3) is 0.381. The van der Waals surface area contributed by atoms with Gasteiger partial charge in [0.05, 0.1) is 22.4 Å². The van der Waals surface area contributed by atoms with Gasteiger partial charge in [0, 0.05) is 18.1 Å². The summed E-state index contributed by atoms with van der Waals surface area (Å²) in [6.45, 7) is 1.16. The van der Waals surface area contributed by atoms with Crippen LogP contribution in [0.2, 0.25) is 5.02 Å². The van der Waals surface area contributed by atoms with Crippen LogP contribution in [0.4, 0.5) is 5.69 Å². The Morgan fingerprint density at radius 3 is 2.62 bits per heavy atom. The summed E-state index contributed by atoms with van der Waals surface area (Å²) in [7, 11) is -3.57. The van der Waals surface area contributed by atoms with Gasteiger partial charge in [0.1, 0.15) is 12.4 Å². The molecular formula is C21H24ClNO5S. The molecule has 8 heteroatoms. The van der Waals surface area contributed by atoms with Crippen molar-refractivity contribution in [1.82, 2.24) is 0 Å². The molecule has 1 heterocycles. The van der Waals surface area contributed by atoms with Gasteiger partial charge >= 0.3 is 0 Å². The van der Waals surface area contributed by atoms with E-state index in [-0.39, 0.29) is 23.2 Å². The highest BCUT2D eigenvalue weighted by Crippen LogP contribution is 2.25. The minimum absolute atomic E-state index is 0.0528. The number of para-hydroxylation sites is 2. The Morgan fingerprint density at radius 1 is 1.14 bits per heavy atom. The summed E-state index contributed by atoms with van der Waals surface area (Å²) >= 11 is 5.79. The molecule has 1 aliphatic rings. The molecule has 0 aromatic heterocycles. The Balaban J connectivity index is 1.55. The van der Waals surface area contributed by atoms with Crippen LogP contribution < -0.4 is 10.1 Å². The van der Waals surface area contributed by atoms with E-state index in [0.717, 1.165) is 25.9 Å². The number of hydrogen-bond acceptors (Lipinski definition) is 5. The second-order valence-electron chi connectivity index (χ2n) is 6.87. The molecule has 2 aromatic carbocycles. The first-order valence-electron chi connectivity index (χ1n) is 9.56. The third kappa shape index (κ3) is 6.45. The number of carbonyl (C=O) groups excluding carboxylic acids is 1. The summed E-state index contributed by atoms with van der Waals surface area (Å²) in [5.41, 5.74) is 0.511. The van der Waals surface area contributed by atoms with E-state index < -0.39 is 15.7 Å². The van der Waals surface area contributed by atoms with E-state index in [1.54, 1.807) is 18.2 Å². The number of amides is 1. The van der Waals surface area contributed by atoms with Crippen LogP contribution in [0.5, 0.6) is 5.75 Å². The first-order chi connectivity index (χ1) is 13.9. The SMILES string of the molecule is O=C(CCS(=O)(=O)c1ccc(Cl)cc1)Nc1ccccc1OCC1CCCCO1. The number of benzene rings is 2. The molecule has 3 rings (SSSR count). The average Bonchev–Trinajstić information content (AvgIpc) is 2.73. The standard InChI is InChI=1S/C21H24ClNO5S/c22-16-8-10-18(11-9-16)29(25,26)14-12-21(24)23-19-6-1-2-7-20(19)28-15-17-5-3-4-13-27-17/h1-2,6-11,17H,3-5,12-15H2,(H,23,24). The van der Waals surface area contributed by atoms with Crippen LogP contribution in [0.1, 0.15) is 25.7 Å². The first kappa shape index (κ1) is 21.6. The topological polar surface area (TPSA) is 81.7 Å². The van der Waals surface area contributed by atoms with Gasteiger partial charge < -0.3 is 14.8 Å². The summed E-state index contributed by atoms with van der Waals surface area (Å²) in [6, 6.07) is 13.0. The molecule has 1 atom stereocenters. The number of rotatable bonds is 8. The molecule has 1 amide bonds. The summed E-state index contributed by atoms with van der Waals surface area (Å²) in [5.74, 6) is -0.151. The largest absolute Gasteiger partial charge is 0.489 e. The van der Waals surface area contributed by atoms with Crippen molar-refractivity contribution in [3.05, 3.63) is 53.6 Å². The molecule has 6 nitrogen and oxygen atoms in total. The fourth-order valence-electron chi connectivity index (χ4n) is 3.02. The van der Waals surface area contributed by atoms with E-state index in [9.17, 15) is 13.2 Å². The molecule has 1 fully saturated rings. The number of halogens is 1. The molecule has 0 spiro atoms. The lowest BCUT2D eigenvalue weighted by molar-refractivity contribution is -0.115. The zero-order valence-corrected chi connectivity index (χ0v) is 17.5. The van der Waals surface area contributed by atoms with Gasteiger partial charge in [-0.25, -0.2) is 8.42 Å². The van der Waals surface area contributed by atoms with Crippen LogP contribution in [0.25, 0.3) is 0 Å². The van der Waals surface area contributed by atoms with E-state index in [1.165, 1.54) is 24.3 Å². The minimum atomic E-state index is -3.57. The van der Waals surface area contributed by atoms with Gasteiger partial charge in [0.2, 0.25) is 5.91 Å². The molecule has 0 bridgehead atoms. The third-order valence-electron chi connectivity index (χ3n) is 4.63. The van der Waals surface area contributed by atoms with Crippen LogP contribution in [0, 0.1) is 0 Å². The van der Waals surface area contributed by atoms with Crippen LogP contribution in [0.15, 0.2) is 53.4 Å². The maximum Gasteiger partial charge on any atom is 0.225 e. The molecule has 0 aliphatic carbocycles. The lowest BCUT2D eigenvalue weighted by atomic mass is 10.1. The van der Waals surface area contributed by atoms with Gasteiger partial charge in [-0.05, 0) is 55.7 Å². The molecule has 29 heavy (non-hydrogen) atoms. The van der Waals surface area contributed by atoms with Crippen LogP contribution in [-0.4, -0.2) is 39.4 Å². The van der Waals surface area contributed by atoms with Crippen LogP contribution in [-0.2, 0) is 19.4 Å². The number of anilines is 1. The quantitative estimate of drug-likeness (QED) is 0.672. The first-order valence-corrected chi connectivity index (χ1v) is 11.6. The van der Waals surface area contributed by atoms with E-state index in [0.29, 0.717) is 23.1 Å². The maximum absolute atomic E-state index is 12.4. The number of carbonyl (C=O) groups is 1. The smallest absolute Gasteiger partial charge is 0.225 e. The van der Waals surface area contributed by atoms with Crippen molar-refractivity contribution in [3.8, 4) is 5.75 Å². The molecule has 1 unspecified atom stereocenters. The van der Waals surface area contributed by atoms with Gasteiger partial charge in [0.15, 0.2) is 9.84 Å². The highest BCUT2D eigenvalue weighted by Gasteiger charge is 2.18. The summed E-state index contributed by atoms with van der Waals surface area (Å²) < 4.78 is 36.3. The van der Waals surface area contributed by atoms with E-state index in [2.05, 4.69) is 5.32 Å². The third-order valence-corrected chi connectivity index (χ3v) is 6.61. The Bertz CT molecular complexity index is 924. The van der Waals surface area contributed by atoms with Gasteiger partial charge in [-0.15, -0.1) is 0 Å². The molecular weight excluding hydrogens is 414 g/mol. The molecule has 2 aromatic rings. The molecule has 1 aliphatic heterocycles.